The molecule has 20 heavy (non-hydrogen) atoms. The number of aromatic carboxylic acids is 1. The first-order valence-electron chi connectivity index (χ1n) is 6.58. The molecule has 0 aliphatic heterocycles. The van der Waals surface area contributed by atoms with Gasteiger partial charge in [0.1, 0.15) is 5.00 Å². The van der Waals surface area contributed by atoms with Crippen molar-refractivity contribution in [2.45, 2.75) is 46.1 Å². The molecule has 0 fully saturated rings. The van der Waals surface area contributed by atoms with E-state index in [1.807, 2.05) is 20.8 Å². The maximum atomic E-state index is 11.9. The normalized spacial score (nSPS) is 12.2. The van der Waals surface area contributed by atoms with Crippen LogP contribution >= 0.6 is 11.3 Å². The molecule has 0 radical (unpaired) electrons. The summed E-state index contributed by atoms with van der Waals surface area (Å²) >= 11 is 1.32. The lowest BCUT2D eigenvalue weighted by Gasteiger charge is -2.09. The summed E-state index contributed by atoms with van der Waals surface area (Å²) in [6.07, 6.45) is 1.57. The second-order valence-corrected chi connectivity index (χ2v) is 5.86. The molecule has 112 valence electrons. The Morgan fingerprint density at radius 3 is 2.60 bits per heavy atom. The average molecular weight is 299 g/mol. The highest BCUT2D eigenvalue weighted by Crippen LogP contribution is 2.33. The van der Waals surface area contributed by atoms with Crippen molar-refractivity contribution in [3.63, 3.8) is 0 Å². The number of hydrogen-bond donors (Lipinski definition) is 2. The summed E-state index contributed by atoms with van der Waals surface area (Å²) in [4.78, 5) is 24.1. The number of methoxy groups -OCH3 is 1. The first-order valence-corrected chi connectivity index (χ1v) is 7.40. The Morgan fingerprint density at radius 1 is 1.45 bits per heavy atom. The molecule has 1 atom stereocenters. The van der Waals surface area contributed by atoms with Crippen molar-refractivity contribution in [1.82, 2.24) is 0 Å². The maximum absolute atomic E-state index is 11.9. The molecule has 1 aromatic rings. The molecular weight excluding hydrogens is 278 g/mol. The number of thiophene rings is 1. The van der Waals surface area contributed by atoms with Gasteiger partial charge in [0.2, 0.25) is 5.91 Å². The van der Waals surface area contributed by atoms with Gasteiger partial charge in [-0.3, -0.25) is 4.79 Å². The van der Waals surface area contributed by atoms with Crippen LogP contribution in [0, 0.1) is 6.92 Å². The van der Waals surface area contributed by atoms with E-state index in [1.54, 1.807) is 7.11 Å². The van der Waals surface area contributed by atoms with E-state index in [2.05, 4.69) is 5.32 Å². The molecule has 0 bridgehead atoms. The molecule has 5 nitrogen and oxygen atoms in total. The van der Waals surface area contributed by atoms with Crippen LogP contribution in [-0.2, 0) is 16.0 Å². The molecule has 0 aliphatic carbocycles. The largest absolute Gasteiger partial charge is 0.478 e. The zero-order chi connectivity index (χ0) is 15.3. The summed E-state index contributed by atoms with van der Waals surface area (Å²) in [7, 11) is 1.60. The van der Waals surface area contributed by atoms with Gasteiger partial charge in [-0.25, -0.2) is 4.79 Å². The maximum Gasteiger partial charge on any atom is 0.339 e. The highest BCUT2D eigenvalue weighted by molar-refractivity contribution is 7.16. The minimum Gasteiger partial charge on any atom is -0.478 e. The SMILES string of the molecule is CCc1c(C)sc(NC(=O)CCC(C)OC)c1C(=O)O. The lowest BCUT2D eigenvalue weighted by molar-refractivity contribution is -0.116. The molecule has 0 aromatic carbocycles. The Balaban J connectivity index is 2.82. The van der Waals surface area contributed by atoms with E-state index in [9.17, 15) is 14.7 Å². The fourth-order valence-electron chi connectivity index (χ4n) is 1.96. The average Bonchev–Trinajstić information content (AvgIpc) is 2.71. The summed E-state index contributed by atoms with van der Waals surface area (Å²) in [5, 5.41) is 12.4. The standard InChI is InChI=1S/C14H21NO4S/c1-5-10-9(3)20-13(12(10)14(17)18)15-11(16)7-6-8(2)19-4/h8H,5-7H2,1-4H3,(H,15,16)(H,17,18). The number of hydrogen-bond acceptors (Lipinski definition) is 4. The van der Waals surface area contributed by atoms with Crippen LogP contribution in [0.5, 0.6) is 0 Å². The van der Waals surface area contributed by atoms with Crippen molar-refractivity contribution in [2.24, 2.45) is 0 Å². The van der Waals surface area contributed by atoms with Crippen molar-refractivity contribution in [3.05, 3.63) is 16.0 Å². The van der Waals surface area contributed by atoms with Gasteiger partial charge in [0, 0.05) is 18.4 Å². The van der Waals surface area contributed by atoms with E-state index in [4.69, 9.17) is 4.74 Å². The second kappa shape index (κ2) is 7.40. The number of anilines is 1. The predicted molar refractivity (Wildman–Crippen MR) is 79.7 cm³/mol. The highest BCUT2D eigenvalue weighted by Gasteiger charge is 2.21. The van der Waals surface area contributed by atoms with Gasteiger partial charge in [-0.2, -0.15) is 0 Å². The Kier molecular flexibility index (Phi) is 6.16. The van der Waals surface area contributed by atoms with Crippen molar-refractivity contribution < 1.29 is 19.4 Å². The van der Waals surface area contributed by atoms with E-state index in [1.165, 1.54) is 11.3 Å². The monoisotopic (exact) mass is 299 g/mol. The number of nitrogens with one attached hydrogen (secondary N) is 1. The molecule has 1 aromatic heterocycles. The zero-order valence-electron chi connectivity index (χ0n) is 12.3. The Hall–Kier alpha value is -1.40. The van der Waals surface area contributed by atoms with Crippen molar-refractivity contribution >= 4 is 28.2 Å². The molecule has 0 aliphatic rings. The molecule has 1 rings (SSSR count). The third-order valence-corrected chi connectivity index (χ3v) is 4.27. The van der Waals surface area contributed by atoms with Crippen LogP contribution in [0.1, 0.15) is 47.5 Å². The van der Waals surface area contributed by atoms with Gasteiger partial charge in [0.05, 0.1) is 11.7 Å². The van der Waals surface area contributed by atoms with Crippen LogP contribution in [-0.4, -0.2) is 30.2 Å². The van der Waals surface area contributed by atoms with Gasteiger partial charge in [-0.05, 0) is 32.3 Å². The fourth-order valence-corrected chi connectivity index (χ4v) is 3.11. The number of carbonyl (C=O) groups is 2. The van der Waals surface area contributed by atoms with Crippen LogP contribution in [0.4, 0.5) is 5.00 Å². The molecule has 1 unspecified atom stereocenters. The highest BCUT2D eigenvalue weighted by atomic mass is 32.1. The first kappa shape index (κ1) is 16.7. The fraction of sp³-hybridized carbons (Fsp3) is 0.571. The van der Waals surface area contributed by atoms with E-state index in [-0.39, 0.29) is 17.6 Å². The van der Waals surface area contributed by atoms with Crippen LogP contribution in [0.15, 0.2) is 0 Å². The van der Waals surface area contributed by atoms with Crippen molar-refractivity contribution in [2.75, 3.05) is 12.4 Å². The van der Waals surface area contributed by atoms with Crippen LogP contribution in [0.3, 0.4) is 0 Å². The number of carboxylic acid groups (broad SMARTS) is 1. The first-order chi connectivity index (χ1) is 9.40. The quantitative estimate of drug-likeness (QED) is 0.811. The Bertz CT molecular complexity index is 496. The molecule has 6 heteroatoms. The van der Waals surface area contributed by atoms with E-state index < -0.39 is 5.97 Å². The van der Waals surface area contributed by atoms with Crippen LogP contribution in [0.2, 0.25) is 0 Å². The third-order valence-electron chi connectivity index (χ3n) is 3.21. The second-order valence-electron chi connectivity index (χ2n) is 4.63. The van der Waals surface area contributed by atoms with Gasteiger partial charge < -0.3 is 15.2 Å². The number of carbonyl (C=O) groups excluding carboxylic acids is 1. The van der Waals surface area contributed by atoms with Gasteiger partial charge in [-0.15, -0.1) is 11.3 Å². The smallest absolute Gasteiger partial charge is 0.339 e. The summed E-state index contributed by atoms with van der Waals surface area (Å²) in [6.45, 7) is 5.67. The molecule has 0 saturated heterocycles. The summed E-state index contributed by atoms with van der Waals surface area (Å²) in [5.74, 6) is -1.17. The van der Waals surface area contributed by atoms with E-state index >= 15 is 0 Å². The molecule has 0 spiro atoms. The van der Waals surface area contributed by atoms with Crippen molar-refractivity contribution in [3.8, 4) is 0 Å². The van der Waals surface area contributed by atoms with Gasteiger partial charge >= 0.3 is 5.97 Å². The Labute approximate surface area is 123 Å². The van der Waals surface area contributed by atoms with E-state index in [0.717, 1.165) is 10.4 Å². The molecule has 1 amide bonds. The summed E-state index contributed by atoms with van der Waals surface area (Å²) in [6, 6.07) is 0. The number of aryl methyl sites for hydroxylation is 1. The number of ether oxygens (including phenoxy) is 1. The third kappa shape index (κ3) is 4.05. The molecule has 2 N–H and O–H groups in total. The van der Waals surface area contributed by atoms with Gasteiger partial charge in [0.15, 0.2) is 0 Å². The van der Waals surface area contributed by atoms with Gasteiger partial charge in [0.25, 0.3) is 0 Å². The Morgan fingerprint density at radius 2 is 2.10 bits per heavy atom. The predicted octanol–water partition coefficient (Wildman–Crippen LogP) is 3.07. The minimum atomic E-state index is -0.994. The van der Waals surface area contributed by atoms with Gasteiger partial charge in [-0.1, -0.05) is 6.92 Å². The minimum absolute atomic E-state index is 0.0102. The van der Waals surface area contributed by atoms with Crippen molar-refractivity contribution in [1.29, 1.82) is 0 Å². The molecule has 1 heterocycles. The lowest BCUT2D eigenvalue weighted by Crippen LogP contribution is -2.16. The summed E-state index contributed by atoms with van der Waals surface area (Å²) in [5.41, 5.74) is 1.02. The van der Waals surface area contributed by atoms with Crippen LogP contribution < -0.4 is 5.32 Å². The molecular formula is C14H21NO4S. The summed E-state index contributed by atoms with van der Waals surface area (Å²) < 4.78 is 5.08. The number of rotatable bonds is 7. The topological polar surface area (TPSA) is 75.6 Å². The zero-order valence-corrected chi connectivity index (χ0v) is 13.1. The molecule has 0 saturated carbocycles. The van der Waals surface area contributed by atoms with E-state index in [0.29, 0.717) is 24.3 Å². The van der Waals surface area contributed by atoms with Crippen LogP contribution in [0.25, 0.3) is 0 Å². The number of amides is 1. The number of carboxylic acids is 1. The lowest BCUT2D eigenvalue weighted by atomic mass is 10.1.